The fraction of sp³-hybridized carbons (Fsp3) is 0.562. The van der Waals surface area contributed by atoms with Crippen molar-refractivity contribution in [3.05, 3.63) is 16.3 Å². The average molecular weight is 316 g/mol. The molecule has 1 saturated heterocycles. The van der Waals surface area contributed by atoms with Gasteiger partial charge in [0.25, 0.3) is 0 Å². The summed E-state index contributed by atoms with van der Waals surface area (Å²) in [6.45, 7) is 3.58. The van der Waals surface area contributed by atoms with Gasteiger partial charge in [0.15, 0.2) is 0 Å². The molecular formula is C16H20N4OS. The maximum Gasteiger partial charge on any atom is 0.222 e. The molecule has 0 aromatic carbocycles. The summed E-state index contributed by atoms with van der Waals surface area (Å²) in [4.78, 5) is 25.8. The molecule has 6 heteroatoms. The zero-order valence-corrected chi connectivity index (χ0v) is 13.6. The maximum atomic E-state index is 11.6. The number of aromatic nitrogens is 2. The SMILES string of the molecule is Cc1nc(N2CCC[C@H](C(N)=O)C2)c2c3c(sc2n1)CCC3. The lowest BCUT2D eigenvalue weighted by molar-refractivity contribution is -0.122. The van der Waals surface area contributed by atoms with Crippen molar-refractivity contribution in [1.29, 1.82) is 0 Å². The lowest BCUT2D eigenvalue weighted by Gasteiger charge is -2.32. The van der Waals surface area contributed by atoms with Gasteiger partial charge < -0.3 is 10.6 Å². The number of carbonyl (C=O) groups excluding carboxylic acids is 1. The first-order chi connectivity index (χ1) is 10.6. The normalized spacial score (nSPS) is 21.3. The van der Waals surface area contributed by atoms with Crippen molar-refractivity contribution >= 4 is 33.3 Å². The smallest absolute Gasteiger partial charge is 0.222 e. The lowest BCUT2D eigenvalue weighted by Crippen LogP contribution is -2.41. The first kappa shape index (κ1) is 13.9. The number of nitrogens with two attached hydrogens (primary N) is 1. The molecule has 22 heavy (non-hydrogen) atoms. The van der Waals surface area contributed by atoms with E-state index in [-0.39, 0.29) is 11.8 Å². The molecule has 2 aromatic heterocycles. The third-order valence-corrected chi connectivity index (χ3v) is 5.97. The number of amides is 1. The largest absolute Gasteiger partial charge is 0.369 e. The predicted molar refractivity (Wildman–Crippen MR) is 88.3 cm³/mol. The minimum absolute atomic E-state index is 0.0641. The highest BCUT2D eigenvalue weighted by Crippen LogP contribution is 2.41. The highest BCUT2D eigenvalue weighted by Gasteiger charge is 2.29. The summed E-state index contributed by atoms with van der Waals surface area (Å²) >= 11 is 1.82. The van der Waals surface area contributed by atoms with E-state index < -0.39 is 0 Å². The number of anilines is 1. The number of aryl methyl sites for hydroxylation is 3. The number of hydrogen-bond acceptors (Lipinski definition) is 5. The van der Waals surface area contributed by atoms with Crippen LogP contribution in [0.25, 0.3) is 10.2 Å². The number of fused-ring (bicyclic) bond motifs is 3. The summed E-state index contributed by atoms with van der Waals surface area (Å²) in [7, 11) is 0. The van der Waals surface area contributed by atoms with E-state index in [1.54, 1.807) is 0 Å². The highest BCUT2D eigenvalue weighted by molar-refractivity contribution is 7.19. The van der Waals surface area contributed by atoms with Crippen LogP contribution in [0.4, 0.5) is 5.82 Å². The molecule has 116 valence electrons. The van der Waals surface area contributed by atoms with Crippen LogP contribution in [0.1, 0.15) is 35.5 Å². The summed E-state index contributed by atoms with van der Waals surface area (Å²) in [6.07, 6.45) is 5.40. The molecule has 0 spiro atoms. The molecule has 1 fully saturated rings. The molecule has 1 aliphatic carbocycles. The molecule has 2 aliphatic rings. The quantitative estimate of drug-likeness (QED) is 0.922. The average Bonchev–Trinajstić information content (AvgIpc) is 3.06. The Kier molecular flexibility index (Phi) is 3.29. The monoisotopic (exact) mass is 316 g/mol. The standard InChI is InChI=1S/C16H20N4OS/c1-9-18-15(20-7-3-4-10(8-20)14(17)21)13-11-5-2-6-12(11)22-16(13)19-9/h10H,2-8H2,1H3,(H2,17,21)/t10-/m0/s1. The summed E-state index contributed by atoms with van der Waals surface area (Å²) < 4.78 is 0. The molecule has 3 heterocycles. The minimum Gasteiger partial charge on any atom is -0.369 e. The van der Waals surface area contributed by atoms with E-state index in [0.29, 0.717) is 6.54 Å². The van der Waals surface area contributed by atoms with Crippen molar-refractivity contribution in [2.24, 2.45) is 11.7 Å². The number of thiophene rings is 1. The van der Waals surface area contributed by atoms with Crippen molar-refractivity contribution in [3.63, 3.8) is 0 Å². The zero-order chi connectivity index (χ0) is 15.3. The fourth-order valence-electron chi connectivity index (χ4n) is 3.71. The van der Waals surface area contributed by atoms with Gasteiger partial charge in [-0.1, -0.05) is 0 Å². The number of hydrogen-bond donors (Lipinski definition) is 1. The molecule has 1 atom stereocenters. The van der Waals surface area contributed by atoms with E-state index in [1.807, 2.05) is 18.3 Å². The van der Waals surface area contributed by atoms with Crippen LogP contribution in [0, 0.1) is 12.8 Å². The van der Waals surface area contributed by atoms with Crippen LogP contribution in [-0.4, -0.2) is 29.0 Å². The van der Waals surface area contributed by atoms with E-state index in [9.17, 15) is 4.79 Å². The van der Waals surface area contributed by atoms with Gasteiger partial charge in [0.2, 0.25) is 5.91 Å². The second-order valence-electron chi connectivity index (χ2n) is 6.32. The van der Waals surface area contributed by atoms with E-state index in [4.69, 9.17) is 10.7 Å². The molecular weight excluding hydrogens is 296 g/mol. The Hall–Kier alpha value is -1.69. The third-order valence-electron chi connectivity index (χ3n) is 4.78. The number of rotatable bonds is 2. The van der Waals surface area contributed by atoms with Crippen molar-refractivity contribution in [2.45, 2.75) is 39.0 Å². The fourth-order valence-corrected chi connectivity index (χ4v) is 5.01. The van der Waals surface area contributed by atoms with Gasteiger partial charge in [-0.25, -0.2) is 9.97 Å². The Bertz CT molecular complexity index is 754. The molecule has 1 amide bonds. The Balaban J connectivity index is 1.82. The number of piperidine rings is 1. The van der Waals surface area contributed by atoms with Crippen molar-refractivity contribution in [1.82, 2.24) is 9.97 Å². The predicted octanol–water partition coefficient (Wildman–Crippen LogP) is 2.19. The van der Waals surface area contributed by atoms with Crippen molar-refractivity contribution in [2.75, 3.05) is 18.0 Å². The van der Waals surface area contributed by atoms with Gasteiger partial charge in [0, 0.05) is 18.0 Å². The van der Waals surface area contributed by atoms with Gasteiger partial charge in [0.1, 0.15) is 16.5 Å². The Morgan fingerprint density at radius 2 is 2.18 bits per heavy atom. The van der Waals surface area contributed by atoms with Crippen LogP contribution in [0.3, 0.4) is 0 Å². The molecule has 0 saturated carbocycles. The van der Waals surface area contributed by atoms with Gasteiger partial charge in [-0.15, -0.1) is 11.3 Å². The highest BCUT2D eigenvalue weighted by atomic mass is 32.1. The van der Waals surface area contributed by atoms with Crippen LogP contribution in [0.15, 0.2) is 0 Å². The van der Waals surface area contributed by atoms with Gasteiger partial charge in [-0.3, -0.25) is 4.79 Å². The van der Waals surface area contributed by atoms with Gasteiger partial charge in [-0.05, 0) is 44.6 Å². The molecule has 0 unspecified atom stereocenters. The number of primary amides is 1. The number of nitrogens with zero attached hydrogens (tertiary/aromatic N) is 3. The topological polar surface area (TPSA) is 72.1 Å². The Labute approximate surface area is 133 Å². The second-order valence-corrected chi connectivity index (χ2v) is 7.40. The Morgan fingerprint density at radius 3 is 3.00 bits per heavy atom. The van der Waals surface area contributed by atoms with Crippen LogP contribution < -0.4 is 10.6 Å². The van der Waals surface area contributed by atoms with E-state index in [0.717, 1.165) is 42.3 Å². The third kappa shape index (κ3) is 2.17. The molecule has 0 bridgehead atoms. The van der Waals surface area contributed by atoms with E-state index in [2.05, 4.69) is 9.88 Å². The summed E-state index contributed by atoms with van der Waals surface area (Å²) in [6, 6.07) is 0. The molecule has 2 aromatic rings. The zero-order valence-electron chi connectivity index (χ0n) is 12.8. The molecule has 4 rings (SSSR count). The van der Waals surface area contributed by atoms with Crippen LogP contribution in [0.2, 0.25) is 0 Å². The van der Waals surface area contributed by atoms with Gasteiger partial charge in [-0.2, -0.15) is 0 Å². The summed E-state index contributed by atoms with van der Waals surface area (Å²) in [5.74, 6) is 1.57. The number of carbonyl (C=O) groups is 1. The van der Waals surface area contributed by atoms with Gasteiger partial charge >= 0.3 is 0 Å². The van der Waals surface area contributed by atoms with Crippen molar-refractivity contribution < 1.29 is 4.79 Å². The molecule has 1 aliphatic heterocycles. The lowest BCUT2D eigenvalue weighted by atomic mass is 9.97. The second kappa shape index (κ2) is 5.19. The first-order valence-electron chi connectivity index (χ1n) is 7.96. The van der Waals surface area contributed by atoms with Crippen LogP contribution in [-0.2, 0) is 17.6 Å². The van der Waals surface area contributed by atoms with E-state index >= 15 is 0 Å². The van der Waals surface area contributed by atoms with Gasteiger partial charge in [0.05, 0.1) is 11.3 Å². The van der Waals surface area contributed by atoms with Crippen LogP contribution >= 0.6 is 11.3 Å². The maximum absolute atomic E-state index is 11.6. The minimum atomic E-state index is -0.192. The van der Waals surface area contributed by atoms with Crippen molar-refractivity contribution in [3.8, 4) is 0 Å². The molecule has 0 radical (unpaired) electrons. The molecule has 2 N–H and O–H groups in total. The first-order valence-corrected chi connectivity index (χ1v) is 8.78. The van der Waals surface area contributed by atoms with Crippen LogP contribution in [0.5, 0.6) is 0 Å². The van der Waals surface area contributed by atoms with E-state index in [1.165, 1.54) is 28.7 Å². The summed E-state index contributed by atoms with van der Waals surface area (Å²) in [5.41, 5.74) is 6.96. The summed E-state index contributed by atoms with van der Waals surface area (Å²) in [5, 5.41) is 1.23. The molecule has 5 nitrogen and oxygen atoms in total. The Morgan fingerprint density at radius 1 is 1.32 bits per heavy atom.